The van der Waals surface area contributed by atoms with Crippen LogP contribution < -0.4 is 10.5 Å². The minimum Gasteiger partial charge on any atom is -0.454 e. The van der Waals surface area contributed by atoms with Crippen LogP contribution in [0.15, 0.2) is 34.8 Å². The first kappa shape index (κ1) is 13.4. The molecule has 0 saturated heterocycles. The van der Waals surface area contributed by atoms with Crippen molar-refractivity contribution in [3.63, 3.8) is 0 Å². The zero-order chi connectivity index (χ0) is 14.0. The van der Waals surface area contributed by atoms with Crippen molar-refractivity contribution in [2.45, 2.75) is 6.92 Å². The largest absolute Gasteiger partial charge is 0.454 e. The predicted molar refractivity (Wildman–Crippen MR) is 74.5 cm³/mol. The van der Waals surface area contributed by atoms with E-state index in [0.29, 0.717) is 21.5 Å². The third kappa shape index (κ3) is 2.85. The van der Waals surface area contributed by atoms with Crippen molar-refractivity contribution in [2.24, 2.45) is 0 Å². The maximum atomic E-state index is 13.7. The smallest absolute Gasteiger partial charge is 0.167 e. The van der Waals surface area contributed by atoms with Crippen LogP contribution >= 0.6 is 15.9 Å². The highest BCUT2D eigenvalue weighted by molar-refractivity contribution is 9.10. The van der Waals surface area contributed by atoms with Crippen LogP contribution in [0.5, 0.6) is 11.5 Å². The molecule has 0 fully saturated rings. The third-order valence-electron chi connectivity index (χ3n) is 2.61. The fourth-order valence-electron chi connectivity index (χ4n) is 1.53. The van der Waals surface area contributed by atoms with Crippen LogP contribution in [0.1, 0.15) is 11.1 Å². The lowest BCUT2D eigenvalue weighted by molar-refractivity contribution is 0.442. The van der Waals surface area contributed by atoms with Gasteiger partial charge in [-0.25, -0.2) is 4.39 Å². The number of rotatable bonds is 2. The van der Waals surface area contributed by atoms with Gasteiger partial charge >= 0.3 is 0 Å². The number of hydrogen-bond donors (Lipinski definition) is 1. The second-order valence-corrected chi connectivity index (χ2v) is 4.85. The quantitative estimate of drug-likeness (QED) is 0.846. The molecule has 2 aromatic carbocycles. The summed E-state index contributed by atoms with van der Waals surface area (Å²) in [4.78, 5) is 0. The molecule has 2 N–H and O–H groups in total. The van der Waals surface area contributed by atoms with E-state index in [-0.39, 0.29) is 5.75 Å². The highest BCUT2D eigenvalue weighted by Crippen LogP contribution is 2.30. The van der Waals surface area contributed by atoms with Crippen LogP contribution in [-0.4, -0.2) is 0 Å². The molecule has 0 saturated carbocycles. The molecule has 2 aromatic rings. The van der Waals surface area contributed by atoms with Gasteiger partial charge in [0.15, 0.2) is 11.6 Å². The fraction of sp³-hybridized carbons (Fsp3) is 0.0714. The summed E-state index contributed by atoms with van der Waals surface area (Å²) in [6.07, 6.45) is 0. The van der Waals surface area contributed by atoms with E-state index in [0.717, 1.165) is 5.56 Å². The Bertz CT molecular complexity index is 680. The summed E-state index contributed by atoms with van der Waals surface area (Å²) in [6, 6.07) is 9.60. The highest BCUT2D eigenvalue weighted by Gasteiger charge is 2.09. The molecule has 0 aliphatic rings. The Labute approximate surface area is 118 Å². The molecule has 19 heavy (non-hydrogen) atoms. The van der Waals surface area contributed by atoms with Crippen molar-refractivity contribution in [2.75, 3.05) is 5.73 Å². The standard InChI is InChI=1S/C14H10BrFN2O/c1-8-4-14(12(16)6-13(8)18)19-10-3-2-9(7-17)11(15)5-10/h2-6H,18H2,1H3. The average molecular weight is 321 g/mol. The lowest BCUT2D eigenvalue weighted by Crippen LogP contribution is -1.95. The van der Waals surface area contributed by atoms with Gasteiger partial charge < -0.3 is 10.5 Å². The van der Waals surface area contributed by atoms with Gasteiger partial charge in [0, 0.05) is 16.2 Å². The topological polar surface area (TPSA) is 59.0 Å². The Morgan fingerprint density at radius 3 is 2.68 bits per heavy atom. The maximum absolute atomic E-state index is 13.7. The molecular formula is C14H10BrFN2O. The number of nitrogen functional groups attached to an aromatic ring is 1. The van der Waals surface area contributed by atoms with E-state index in [4.69, 9.17) is 15.7 Å². The monoisotopic (exact) mass is 320 g/mol. The van der Waals surface area contributed by atoms with Crippen LogP contribution in [-0.2, 0) is 0 Å². The number of benzene rings is 2. The van der Waals surface area contributed by atoms with Gasteiger partial charge in [0.05, 0.1) is 5.56 Å². The molecule has 0 aliphatic carbocycles. The number of hydrogen-bond acceptors (Lipinski definition) is 3. The Morgan fingerprint density at radius 2 is 2.05 bits per heavy atom. The molecule has 0 aromatic heterocycles. The zero-order valence-electron chi connectivity index (χ0n) is 10.1. The van der Waals surface area contributed by atoms with Gasteiger partial charge in [-0.1, -0.05) is 0 Å². The molecule has 3 nitrogen and oxygen atoms in total. The van der Waals surface area contributed by atoms with Gasteiger partial charge in [0.2, 0.25) is 0 Å². The minimum atomic E-state index is -0.524. The molecular weight excluding hydrogens is 311 g/mol. The second kappa shape index (κ2) is 5.29. The summed E-state index contributed by atoms with van der Waals surface area (Å²) in [5.41, 5.74) is 7.21. The molecule has 2 rings (SSSR count). The Kier molecular flexibility index (Phi) is 3.72. The minimum absolute atomic E-state index is 0.100. The molecule has 0 amide bonds. The fourth-order valence-corrected chi connectivity index (χ4v) is 1.97. The number of ether oxygens (including phenoxy) is 1. The summed E-state index contributed by atoms with van der Waals surface area (Å²) in [5.74, 6) is 0.0147. The number of halogens is 2. The maximum Gasteiger partial charge on any atom is 0.167 e. The van der Waals surface area contributed by atoms with Crippen molar-refractivity contribution in [1.29, 1.82) is 5.26 Å². The van der Waals surface area contributed by atoms with Crippen molar-refractivity contribution in [3.05, 3.63) is 51.7 Å². The Morgan fingerprint density at radius 1 is 1.32 bits per heavy atom. The first-order valence-electron chi connectivity index (χ1n) is 5.44. The van der Waals surface area contributed by atoms with E-state index in [1.165, 1.54) is 12.1 Å². The SMILES string of the molecule is Cc1cc(Oc2ccc(C#N)c(Br)c2)c(F)cc1N. The first-order chi connectivity index (χ1) is 9.01. The van der Waals surface area contributed by atoms with Crippen LogP contribution in [0, 0.1) is 24.1 Å². The van der Waals surface area contributed by atoms with E-state index >= 15 is 0 Å². The summed E-state index contributed by atoms with van der Waals surface area (Å²) in [5, 5.41) is 8.82. The van der Waals surface area contributed by atoms with Gasteiger partial charge in [-0.2, -0.15) is 5.26 Å². The normalized spacial score (nSPS) is 10.0. The highest BCUT2D eigenvalue weighted by atomic mass is 79.9. The lowest BCUT2D eigenvalue weighted by atomic mass is 10.2. The molecule has 0 unspecified atom stereocenters. The second-order valence-electron chi connectivity index (χ2n) is 3.99. The van der Waals surface area contributed by atoms with Crippen molar-refractivity contribution >= 4 is 21.6 Å². The van der Waals surface area contributed by atoms with Crippen molar-refractivity contribution < 1.29 is 9.13 Å². The van der Waals surface area contributed by atoms with Crippen molar-refractivity contribution in [3.8, 4) is 17.6 Å². The summed E-state index contributed by atoms with van der Waals surface area (Å²) in [7, 11) is 0. The summed E-state index contributed by atoms with van der Waals surface area (Å²) < 4.78 is 19.7. The Hall–Kier alpha value is -2.06. The molecule has 5 heteroatoms. The van der Waals surface area contributed by atoms with Gasteiger partial charge in [-0.05, 0) is 52.7 Å². The zero-order valence-corrected chi connectivity index (χ0v) is 11.7. The van der Waals surface area contributed by atoms with Crippen molar-refractivity contribution in [1.82, 2.24) is 0 Å². The van der Waals surface area contributed by atoms with E-state index in [2.05, 4.69) is 15.9 Å². The number of nitrogens with zero attached hydrogens (tertiary/aromatic N) is 1. The number of anilines is 1. The van der Waals surface area contributed by atoms with E-state index in [1.807, 2.05) is 6.07 Å². The molecule has 0 spiro atoms. The van der Waals surface area contributed by atoms with Gasteiger partial charge in [0.25, 0.3) is 0 Å². The molecule has 0 radical (unpaired) electrons. The lowest BCUT2D eigenvalue weighted by Gasteiger charge is -2.10. The summed E-state index contributed by atoms with van der Waals surface area (Å²) in [6.45, 7) is 1.77. The van der Waals surface area contributed by atoms with Crippen LogP contribution in [0.4, 0.5) is 10.1 Å². The number of aryl methyl sites for hydroxylation is 1. The van der Waals surface area contributed by atoms with Crippen LogP contribution in [0.3, 0.4) is 0 Å². The van der Waals surface area contributed by atoms with Crippen LogP contribution in [0.2, 0.25) is 0 Å². The van der Waals surface area contributed by atoms with E-state index in [1.54, 1.807) is 25.1 Å². The third-order valence-corrected chi connectivity index (χ3v) is 3.27. The molecule has 0 bridgehead atoms. The molecule has 96 valence electrons. The van der Waals surface area contributed by atoms with Gasteiger partial charge in [-0.3, -0.25) is 0 Å². The average Bonchev–Trinajstić information content (AvgIpc) is 2.36. The summed E-state index contributed by atoms with van der Waals surface area (Å²) >= 11 is 3.25. The number of nitrogens with two attached hydrogens (primary N) is 1. The van der Waals surface area contributed by atoms with Crippen LogP contribution in [0.25, 0.3) is 0 Å². The molecule has 0 atom stereocenters. The van der Waals surface area contributed by atoms with Gasteiger partial charge in [0.1, 0.15) is 11.8 Å². The molecule has 0 aliphatic heterocycles. The Balaban J connectivity index is 2.34. The first-order valence-corrected chi connectivity index (χ1v) is 6.23. The van der Waals surface area contributed by atoms with E-state index < -0.39 is 5.82 Å². The van der Waals surface area contributed by atoms with Gasteiger partial charge in [-0.15, -0.1) is 0 Å². The number of nitriles is 1. The predicted octanol–water partition coefficient (Wildman–Crippen LogP) is 4.14. The molecule has 0 heterocycles. The van der Waals surface area contributed by atoms with E-state index in [9.17, 15) is 4.39 Å².